The van der Waals surface area contributed by atoms with E-state index in [9.17, 15) is 19.7 Å². The molecule has 148 valence electrons. The van der Waals surface area contributed by atoms with Crippen molar-refractivity contribution in [2.24, 2.45) is 0 Å². The number of thioether (sulfide) groups is 1. The molecule has 0 bridgehead atoms. The highest BCUT2D eigenvalue weighted by atomic mass is 32.2. The van der Waals surface area contributed by atoms with Crippen LogP contribution in [0.3, 0.4) is 0 Å². The minimum atomic E-state index is -0.577. The van der Waals surface area contributed by atoms with Crippen LogP contribution in [0.25, 0.3) is 11.3 Å². The van der Waals surface area contributed by atoms with Crippen LogP contribution in [-0.2, 0) is 4.79 Å². The van der Waals surface area contributed by atoms with Gasteiger partial charge in [0.2, 0.25) is 5.91 Å². The van der Waals surface area contributed by atoms with Gasteiger partial charge in [-0.2, -0.15) is 0 Å². The Morgan fingerprint density at radius 3 is 2.52 bits per heavy atom. The van der Waals surface area contributed by atoms with Crippen LogP contribution in [0, 0.1) is 17.0 Å². The van der Waals surface area contributed by atoms with Crippen molar-refractivity contribution in [1.82, 2.24) is 16.0 Å². The van der Waals surface area contributed by atoms with Gasteiger partial charge in [-0.15, -0.1) is 11.8 Å². The number of hydrazine groups is 1. The highest BCUT2D eigenvalue weighted by Crippen LogP contribution is 2.28. The number of para-hydroxylation sites is 1. The van der Waals surface area contributed by atoms with Gasteiger partial charge in [0, 0.05) is 11.6 Å². The molecule has 0 fully saturated rings. The summed E-state index contributed by atoms with van der Waals surface area (Å²) in [6.07, 6.45) is 0. The first-order valence-corrected chi connectivity index (χ1v) is 9.43. The van der Waals surface area contributed by atoms with Gasteiger partial charge in [-0.05, 0) is 13.0 Å². The van der Waals surface area contributed by atoms with E-state index in [2.05, 4.69) is 16.0 Å². The summed E-state index contributed by atoms with van der Waals surface area (Å²) in [6, 6.07) is 15.1. The van der Waals surface area contributed by atoms with Crippen molar-refractivity contribution in [1.29, 1.82) is 0 Å². The third kappa shape index (κ3) is 4.79. The summed E-state index contributed by atoms with van der Waals surface area (Å²) in [7, 11) is 0. The molecule has 3 aromatic rings. The minimum Gasteiger partial charge on any atom is -0.360 e. The second-order valence-electron chi connectivity index (χ2n) is 5.84. The molecule has 1 heterocycles. The molecule has 2 aromatic carbocycles. The summed E-state index contributed by atoms with van der Waals surface area (Å²) >= 11 is 1.000. The zero-order valence-electron chi connectivity index (χ0n) is 15.2. The first kappa shape index (κ1) is 20.1. The van der Waals surface area contributed by atoms with Crippen molar-refractivity contribution in [2.75, 3.05) is 5.75 Å². The molecule has 9 nitrogen and oxygen atoms in total. The first-order valence-electron chi connectivity index (χ1n) is 8.44. The Balaban J connectivity index is 1.61. The number of hydrogen-bond donors (Lipinski definition) is 2. The molecule has 0 aliphatic rings. The van der Waals surface area contributed by atoms with Crippen molar-refractivity contribution in [3.63, 3.8) is 0 Å². The Morgan fingerprint density at radius 2 is 1.79 bits per heavy atom. The zero-order valence-corrected chi connectivity index (χ0v) is 16.1. The molecule has 29 heavy (non-hydrogen) atoms. The maximum absolute atomic E-state index is 12.5. The van der Waals surface area contributed by atoms with E-state index in [1.807, 2.05) is 18.2 Å². The Labute approximate surface area is 169 Å². The Bertz CT molecular complexity index is 1050. The molecule has 1 aromatic heterocycles. The number of carbonyl (C=O) groups excluding carboxylic acids is 2. The molecule has 0 unspecified atom stereocenters. The van der Waals surface area contributed by atoms with Crippen molar-refractivity contribution >= 4 is 29.3 Å². The highest BCUT2D eigenvalue weighted by Gasteiger charge is 2.22. The molecular formula is C19H16N4O5S. The van der Waals surface area contributed by atoms with Crippen LogP contribution >= 0.6 is 11.8 Å². The fourth-order valence-electron chi connectivity index (χ4n) is 2.53. The third-order valence-corrected chi connectivity index (χ3v) is 4.94. The van der Waals surface area contributed by atoms with Gasteiger partial charge >= 0.3 is 0 Å². The van der Waals surface area contributed by atoms with Crippen LogP contribution in [0.1, 0.15) is 16.1 Å². The van der Waals surface area contributed by atoms with E-state index in [4.69, 9.17) is 4.52 Å². The van der Waals surface area contributed by atoms with Crippen LogP contribution in [-0.4, -0.2) is 27.6 Å². The fourth-order valence-corrected chi connectivity index (χ4v) is 3.36. The summed E-state index contributed by atoms with van der Waals surface area (Å²) in [4.78, 5) is 35.4. The van der Waals surface area contributed by atoms with Crippen molar-refractivity contribution in [3.05, 3.63) is 76.0 Å². The van der Waals surface area contributed by atoms with E-state index in [1.165, 1.54) is 6.07 Å². The summed E-state index contributed by atoms with van der Waals surface area (Å²) in [5, 5.41) is 14.9. The number of nitro groups is 1. The number of rotatable bonds is 6. The second kappa shape index (κ2) is 9.02. The van der Waals surface area contributed by atoms with Gasteiger partial charge in [0.1, 0.15) is 17.0 Å². The summed E-state index contributed by atoms with van der Waals surface area (Å²) in [5.74, 6) is -0.896. The number of carbonyl (C=O) groups is 2. The average molecular weight is 412 g/mol. The van der Waals surface area contributed by atoms with Crippen LogP contribution in [0.15, 0.2) is 64.0 Å². The molecule has 2 amide bonds. The Hall–Kier alpha value is -3.66. The van der Waals surface area contributed by atoms with Gasteiger partial charge < -0.3 is 4.52 Å². The number of benzene rings is 2. The zero-order chi connectivity index (χ0) is 20.8. The first-order chi connectivity index (χ1) is 14.0. The number of aromatic nitrogens is 1. The van der Waals surface area contributed by atoms with Gasteiger partial charge in [-0.1, -0.05) is 47.6 Å². The lowest BCUT2D eigenvalue weighted by molar-refractivity contribution is -0.387. The number of nitrogens with one attached hydrogen (secondary N) is 2. The number of amides is 2. The molecule has 0 saturated carbocycles. The molecular weight excluding hydrogens is 396 g/mol. The molecule has 0 atom stereocenters. The van der Waals surface area contributed by atoms with E-state index in [0.29, 0.717) is 21.9 Å². The fraction of sp³-hybridized carbons (Fsp3) is 0.105. The lowest BCUT2D eigenvalue weighted by atomic mass is 10.1. The van der Waals surface area contributed by atoms with E-state index in [1.54, 1.807) is 37.3 Å². The van der Waals surface area contributed by atoms with Gasteiger partial charge in [0.05, 0.1) is 15.6 Å². The van der Waals surface area contributed by atoms with Gasteiger partial charge in [-0.25, -0.2) is 0 Å². The van der Waals surface area contributed by atoms with E-state index in [0.717, 1.165) is 11.8 Å². The van der Waals surface area contributed by atoms with Crippen LogP contribution in [0.5, 0.6) is 0 Å². The van der Waals surface area contributed by atoms with Gasteiger partial charge in [0.15, 0.2) is 0 Å². The lowest BCUT2D eigenvalue weighted by Crippen LogP contribution is -2.42. The predicted molar refractivity (Wildman–Crippen MR) is 106 cm³/mol. The van der Waals surface area contributed by atoms with Gasteiger partial charge in [0.25, 0.3) is 11.6 Å². The molecule has 0 aliphatic carbocycles. The highest BCUT2D eigenvalue weighted by molar-refractivity contribution is 8.00. The molecule has 0 saturated heterocycles. The van der Waals surface area contributed by atoms with Crippen LogP contribution in [0.4, 0.5) is 5.69 Å². The predicted octanol–water partition coefficient (Wildman–Crippen LogP) is 3.11. The lowest BCUT2D eigenvalue weighted by Gasteiger charge is -2.08. The van der Waals surface area contributed by atoms with Crippen molar-refractivity contribution in [2.45, 2.75) is 11.8 Å². The van der Waals surface area contributed by atoms with Crippen LogP contribution in [0.2, 0.25) is 0 Å². The Morgan fingerprint density at radius 1 is 1.10 bits per heavy atom. The number of nitrogens with zero attached hydrogens (tertiary/aromatic N) is 2. The minimum absolute atomic E-state index is 0.0815. The van der Waals surface area contributed by atoms with Crippen LogP contribution < -0.4 is 10.9 Å². The molecule has 0 aliphatic heterocycles. The molecule has 0 radical (unpaired) electrons. The largest absolute Gasteiger partial charge is 0.360 e. The number of nitro benzene ring substituents is 1. The SMILES string of the molecule is Cc1onc(-c2ccccc2)c1C(=O)NNC(=O)CSc1ccccc1[N+](=O)[O-]. The third-order valence-electron chi connectivity index (χ3n) is 3.87. The maximum atomic E-state index is 12.5. The topological polar surface area (TPSA) is 127 Å². The smallest absolute Gasteiger partial charge is 0.282 e. The summed E-state index contributed by atoms with van der Waals surface area (Å²) in [6.45, 7) is 1.60. The number of aryl methyl sites for hydroxylation is 1. The van der Waals surface area contributed by atoms with Gasteiger partial charge in [-0.3, -0.25) is 30.6 Å². The molecule has 10 heteroatoms. The Kier molecular flexibility index (Phi) is 6.25. The molecule has 3 rings (SSSR count). The quantitative estimate of drug-likeness (QED) is 0.362. The standard InChI is InChI=1S/C19H16N4O5S/c1-12-17(18(22-28-12)13-7-3-2-4-8-13)19(25)21-20-16(24)11-29-15-10-6-5-9-14(15)23(26)27/h2-10H,11H2,1H3,(H,20,24)(H,21,25). The second-order valence-corrected chi connectivity index (χ2v) is 6.86. The monoisotopic (exact) mass is 412 g/mol. The molecule has 2 N–H and O–H groups in total. The average Bonchev–Trinajstić information content (AvgIpc) is 3.12. The van der Waals surface area contributed by atoms with E-state index < -0.39 is 16.7 Å². The maximum Gasteiger partial charge on any atom is 0.282 e. The van der Waals surface area contributed by atoms with E-state index >= 15 is 0 Å². The molecule has 0 spiro atoms. The summed E-state index contributed by atoms with van der Waals surface area (Å²) in [5.41, 5.74) is 5.82. The van der Waals surface area contributed by atoms with Crippen molar-refractivity contribution in [3.8, 4) is 11.3 Å². The number of hydrogen-bond acceptors (Lipinski definition) is 7. The van der Waals surface area contributed by atoms with Crippen molar-refractivity contribution < 1.29 is 19.0 Å². The summed E-state index contributed by atoms with van der Waals surface area (Å²) < 4.78 is 5.13. The van der Waals surface area contributed by atoms with E-state index in [-0.39, 0.29) is 17.0 Å². The normalized spacial score (nSPS) is 10.4.